The molecule has 0 aliphatic carbocycles. The van der Waals surface area contributed by atoms with Crippen molar-refractivity contribution < 1.29 is 23.8 Å². The highest BCUT2D eigenvalue weighted by Gasteiger charge is 2.20. The highest BCUT2D eigenvalue weighted by molar-refractivity contribution is 6.00. The second kappa shape index (κ2) is 6.79. The van der Waals surface area contributed by atoms with Crippen molar-refractivity contribution in [2.75, 3.05) is 21.3 Å². The number of benzene rings is 1. The second-order valence-electron chi connectivity index (χ2n) is 4.21. The molecular weight excluding hydrogens is 262 g/mol. The molecule has 20 heavy (non-hydrogen) atoms. The van der Waals surface area contributed by atoms with E-state index in [9.17, 15) is 9.59 Å². The molecule has 0 saturated heterocycles. The summed E-state index contributed by atoms with van der Waals surface area (Å²) in [6, 6.07) is 2.51. The first-order valence-electron chi connectivity index (χ1n) is 6.05. The maximum atomic E-state index is 12.2. The number of methoxy groups -OCH3 is 3. The number of amides is 1. The van der Waals surface area contributed by atoms with Crippen molar-refractivity contribution in [1.29, 1.82) is 0 Å². The van der Waals surface area contributed by atoms with E-state index in [1.165, 1.54) is 34.3 Å². The molecule has 1 amide bonds. The zero-order valence-electron chi connectivity index (χ0n) is 12.3. The molecular formula is C14H19NO5. The summed E-state index contributed by atoms with van der Waals surface area (Å²) in [5.74, 6) is 0.675. The third-order valence-corrected chi connectivity index (χ3v) is 2.91. The maximum absolute atomic E-state index is 12.2. The van der Waals surface area contributed by atoms with Crippen molar-refractivity contribution in [2.45, 2.75) is 19.9 Å². The summed E-state index contributed by atoms with van der Waals surface area (Å²) >= 11 is 0. The Balaban J connectivity index is 3.15. The van der Waals surface area contributed by atoms with Gasteiger partial charge >= 0.3 is 0 Å². The molecule has 6 heteroatoms. The van der Waals surface area contributed by atoms with Crippen LogP contribution in [0.15, 0.2) is 12.1 Å². The van der Waals surface area contributed by atoms with Gasteiger partial charge in [-0.2, -0.15) is 0 Å². The van der Waals surface area contributed by atoms with Crippen LogP contribution in [-0.2, 0) is 4.79 Å². The summed E-state index contributed by atoms with van der Waals surface area (Å²) in [5.41, 5.74) is 0.276. The van der Waals surface area contributed by atoms with Gasteiger partial charge in [-0.1, -0.05) is 0 Å². The molecule has 0 radical (unpaired) electrons. The van der Waals surface area contributed by atoms with Crippen LogP contribution in [-0.4, -0.2) is 39.1 Å². The van der Waals surface area contributed by atoms with E-state index in [0.717, 1.165) is 0 Å². The summed E-state index contributed by atoms with van der Waals surface area (Å²) in [6.45, 7) is 3.03. The molecule has 0 saturated carbocycles. The van der Waals surface area contributed by atoms with Gasteiger partial charge in [0, 0.05) is 12.1 Å². The fourth-order valence-corrected chi connectivity index (χ4v) is 1.58. The minimum absolute atomic E-state index is 0.127. The van der Waals surface area contributed by atoms with Crippen LogP contribution in [0.2, 0.25) is 0 Å². The van der Waals surface area contributed by atoms with E-state index in [1.807, 2.05) is 0 Å². The van der Waals surface area contributed by atoms with Gasteiger partial charge in [0.25, 0.3) is 5.91 Å². The molecule has 0 heterocycles. The molecule has 0 aliphatic rings. The number of rotatable bonds is 6. The van der Waals surface area contributed by atoms with Crippen LogP contribution in [0.25, 0.3) is 0 Å². The number of carbonyl (C=O) groups excluding carboxylic acids is 2. The minimum Gasteiger partial charge on any atom is -0.496 e. The Morgan fingerprint density at radius 2 is 1.50 bits per heavy atom. The van der Waals surface area contributed by atoms with Gasteiger partial charge < -0.3 is 19.5 Å². The summed E-state index contributed by atoms with van der Waals surface area (Å²) in [5, 5.41) is 2.59. The molecule has 0 aromatic heterocycles. The Morgan fingerprint density at radius 1 is 1.00 bits per heavy atom. The molecule has 110 valence electrons. The summed E-state index contributed by atoms with van der Waals surface area (Å²) < 4.78 is 15.5. The molecule has 0 bridgehead atoms. The van der Waals surface area contributed by atoms with E-state index in [2.05, 4.69) is 5.32 Å². The molecule has 1 unspecified atom stereocenters. The zero-order valence-corrected chi connectivity index (χ0v) is 12.3. The Bertz CT molecular complexity index is 513. The molecule has 1 aromatic carbocycles. The Morgan fingerprint density at radius 3 is 1.95 bits per heavy atom. The summed E-state index contributed by atoms with van der Waals surface area (Å²) in [4.78, 5) is 23.4. The quantitative estimate of drug-likeness (QED) is 0.853. The van der Waals surface area contributed by atoms with Gasteiger partial charge in [-0.25, -0.2) is 0 Å². The number of ketones is 1. The topological polar surface area (TPSA) is 73.9 Å². The van der Waals surface area contributed by atoms with Crippen LogP contribution in [0, 0.1) is 0 Å². The van der Waals surface area contributed by atoms with E-state index in [1.54, 1.807) is 13.0 Å². The highest BCUT2D eigenvalue weighted by atomic mass is 16.5. The Labute approximate surface area is 118 Å². The second-order valence-corrected chi connectivity index (χ2v) is 4.21. The number of Topliss-reactive ketones (excluding diaryl/α,β-unsaturated/α-hetero) is 1. The van der Waals surface area contributed by atoms with E-state index in [4.69, 9.17) is 14.2 Å². The first kappa shape index (κ1) is 15.8. The van der Waals surface area contributed by atoms with E-state index in [-0.39, 0.29) is 11.3 Å². The standard InChI is InChI=1S/C14H19NO5/c1-8(9(2)16)15-14(17)10-6-12(19-4)13(20-5)7-11(10)18-3/h6-8H,1-5H3,(H,15,17). The SMILES string of the molecule is COc1cc(OC)c(C(=O)NC(C)C(C)=O)cc1OC. The number of nitrogens with one attached hydrogen (secondary N) is 1. The highest BCUT2D eigenvalue weighted by Crippen LogP contribution is 2.34. The monoisotopic (exact) mass is 281 g/mol. The van der Waals surface area contributed by atoms with Gasteiger partial charge in [-0.05, 0) is 13.8 Å². The maximum Gasteiger partial charge on any atom is 0.255 e. The average Bonchev–Trinajstić information content (AvgIpc) is 2.45. The first-order chi connectivity index (χ1) is 9.44. The van der Waals surface area contributed by atoms with Gasteiger partial charge in [-0.3, -0.25) is 9.59 Å². The van der Waals surface area contributed by atoms with Gasteiger partial charge in [0.1, 0.15) is 5.75 Å². The molecule has 1 aromatic rings. The van der Waals surface area contributed by atoms with Crippen molar-refractivity contribution in [3.05, 3.63) is 17.7 Å². The zero-order chi connectivity index (χ0) is 15.3. The lowest BCUT2D eigenvalue weighted by Gasteiger charge is -2.15. The molecule has 1 rings (SSSR count). The van der Waals surface area contributed by atoms with Crippen LogP contribution in [0.3, 0.4) is 0 Å². The fraction of sp³-hybridized carbons (Fsp3) is 0.429. The van der Waals surface area contributed by atoms with Crippen LogP contribution >= 0.6 is 0 Å². The van der Waals surface area contributed by atoms with Crippen molar-refractivity contribution in [1.82, 2.24) is 5.32 Å². The van der Waals surface area contributed by atoms with Gasteiger partial charge in [0.05, 0.1) is 32.9 Å². The number of hydrogen-bond donors (Lipinski definition) is 1. The minimum atomic E-state index is -0.569. The van der Waals surface area contributed by atoms with Crippen LogP contribution in [0.4, 0.5) is 0 Å². The molecule has 1 N–H and O–H groups in total. The Kier molecular flexibility index (Phi) is 5.37. The molecule has 0 spiro atoms. The molecule has 1 atom stereocenters. The molecule has 6 nitrogen and oxygen atoms in total. The Hall–Kier alpha value is -2.24. The third kappa shape index (κ3) is 3.40. The van der Waals surface area contributed by atoms with E-state index >= 15 is 0 Å². The van der Waals surface area contributed by atoms with Crippen molar-refractivity contribution in [3.63, 3.8) is 0 Å². The average molecular weight is 281 g/mol. The number of carbonyl (C=O) groups is 2. The van der Waals surface area contributed by atoms with E-state index in [0.29, 0.717) is 17.2 Å². The largest absolute Gasteiger partial charge is 0.496 e. The van der Waals surface area contributed by atoms with E-state index < -0.39 is 11.9 Å². The van der Waals surface area contributed by atoms with Crippen molar-refractivity contribution in [2.24, 2.45) is 0 Å². The molecule has 0 fully saturated rings. The summed E-state index contributed by atoms with van der Waals surface area (Å²) in [7, 11) is 4.42. The van der Waals surface area contributed by atoms with Gasteiger partial charge in [0.2, 0.25) is 0 Å². The lowest BCUT2D eigenvalue weighted by Crippen LogP contribution is -2.37. The van der Waals surface area contributed by atoms with Crippen LogP contribution in [0.5, 0.6) is 17.2 Å². The van der Waals surface area contributed by atoms with Crippen LogP contribution in [0.1, 0.15) is 24.2 Å². The lowest BCUT2D eigenvalue weighted by atomic mass is 10.1. The van der Waals surface area contributed by atoms with Gasteiger partial charge in [-0.15, -0.1) is 0 Å². The first-order valence-corrected chi connectivity index (χ1v) is 6.05. The number of ether oxygens (including phenoxy) is 3. The smallest absolute Gasteiger partial charge is 0.255 e. The predicted molar refractivity (Wildman–Crippen MR) is 73.7 cm³/mol. The van der Waals surface area contributed by atoms with Crippen molar-refractivity contribution in [3.8, 4) is 17.2 Å². The number of hydrogen-bond acceptors (Lipinski definition) is 5. The normalized spacial score (nSPS) is 11.4. The third-order valence-electron chi connectivity index (χ3n) is 2.91. The predicted octanol–water partition coefficient (Wildman–Crippen LogP) is 1.42. The van der Waals surface area contributed by atoms with Crippen LogP contribution < -0.4 is 19.5 Å². The summed E-state index contributed by atoms with van der Waals surface area (Å²) in [6.07, 6.45) is 0. The van der Waals surface area contributed by atoms with Gasteiger partial charge in [0.15, 0.2) is 17.3 Å². The van der Waals surface area contributed by atoms with Crippen molar-refractivity contribution >= 4 is 11.7 Å². The lowest BCUT2D eigenvalue weighted by molar-refractivity contribution is -0.118. The molecule has 0 aliphatic heterocycles. The fourth-order valence-electron chi connectivity index (χ4n) is 1.58.